The molecule has 0 amide bonds. The van der Waals surface area contributed by atoms with Crippen LogP contribution in [-0.2, 0) is 0 Å². The number of hydrogen-bond acceptors (Lipinski definition) is 3. The van der Waals surface area contributed by atoms with Crippen molar-refractivity contribution in [2.75, 3.05) is 6.54 Å². The van der Waals surface area contributed by atoms with E-state index in [-0.39, 0.29) is 0 Å². The molecule has 0 heterocycles. The minimum atomic E-state index is -0.501. The molecule has 0 bridgehead atoms. The lowest BCUT2D eigenvalue weighted by Crippen LogP contribution is -2.13. The SMILES string of the molecule is N#CC(N)/C=C\CN. The third-order valence-electron chi connectivity index (χ3n) is 0.629. The Balaban J connectivity index is 3.40. The molecule has 3 nitrogen and oxygen atoms in total. The van der Waals surface area contributed by atoms with Gasteiger partial charge in [0.2, 0.25) is 0 Å². The van der Waals surface area contributed by atoms with Gasteiger partial charge in [0.1, 0.15) is 6.04 Å². The van der Waals surface area contributed by atoms with E-state index in [1.54, 1.807) is 12.2 Å². The molecule has 0 fully saturated rings. The van der Waals surface area contributed by atoms with Crippen molar-refractivity contribution in [1.82, 2.24) is 0 Å². The smallest absolute Gasteiger partial charge is 0.111 e. The first kappa shape index (κ1) is 7.15. The molecule has 0 rings (SSSR count). The van der Waals surface area contributed by atoms with Crippen LogP contribution in [0, 0.1) is 11.3 Å². The van der Waals surface area contributed by atoms with Crippen molar-refractivity contribution < 1.29 is 0 Å². The summed E-state index contributed by atoms with van der Waals surface area (Å²) in [5, 5.41) is 8.09. The van der Waals surface area contributed by atoms with Gasteiger partial charge in [-0.25, -0.2) is 0 Å². The fourth-order valence-electron chi connectivity index (χ4n) is 0.268. The maximum Gasteiger partial charge on any atom is 0.111 e. The highest BCUT2D eigenvalue weighted by molar-refractivity contribution is 5.04. The van der Waals surface area contributed by atoms with E-state index >= 15 is 0 Å². The Labute approximate surface area is 48.6 Å². The van der Waals surface area contributed by atoms with Crippen LogP contribution in [0.1, 0.15) is 0 Å². The quantitative estimate of drug-likeness (QED) is 0.465. The van der Waals surface area contributed by atoms with Crippen LogP contribution in [0.2, 0.25) is 0 Å². The fraction of sp³-hybridized carbons (Fsp3) is 0.400. The summed E-state index contributed by atoms with van der Waals surface area (Å²) in [5.41, 5.74) is 10.2. The standard InChI is InChI=1S/C5H9N3/c6-3-1-2-5(8)4-7/h1-2,5H,3,6,8H2/b2-1-. The predicted molar refractivity (Wildman–Crippen MR) is 31.8 cm³/mol. The fourth-order valence-corrected chi connectivity index (χ4v) is 0.268. The summed E-state index contributed by atoms with van der Waals surface area (Å²) in [5.74, 6) is 0. The third kappa shape index (κ3) is 3.34. The second-order valence-electron chi connectivity index (χ2n) is 1.32. The predicted octanol–water partition coefficient (Wildman–Crippen LogP) is -0.648. The van der Waals surface area contributed by atoms with Crippen LogP contribution in [-0.4, -0.2) is 12.6 Å². The van der Waals surface area contributed by atoms with E-state index in [4.69, 9.17) is 16.7 Å². The molecule has 0 spiro atoms. The highest BCUT2D eigenvalue weighted by Crippen LogP contribution is 1.75. The lowest BCUT2D eigenvalue weighted by atomic mass is 10.3. The summed E-state index contributed by atoms with van der Waals surface area (Å²) in [6.07, 6.45) is 3.23. The van der Waals surface area contributed by atoms with Gasteiger partial charge in [0.25, 0.3) is 0 Å². The normalized spacial score (nSPS) is 13.6. The molecule has 0 aliphatic carbocycles. The van der Waals surface area contributed by atoms with Crippen LogP contribution < -0.4 is 11.5 Å². The van der Waals surface area contributed by atoms with Crippen LogP contribution in [0.25, 0.3) is 0 Å². The van der Waals surface area contributed by atoms with Crippen molar-refractivity contribution >= 4 is 0 Å². The van der Waals surface area contributed by atoms with Crippen LogP contribution in [0.4, 0.5) is 0 Å². The van der Waals surface area contributed by atoms with Gasteiger partial charge in [0, 0.05) is 6.54 Å². The Bertz CT molecular complexity index is 111. The lowest BCUT2D eigenvalue weighted by molar-refractivity contribution is 1.03. The summed E-state index contributed by atoms with van der Waals surface area (Å²) in [7, 11) is 0. The van der Waals surface area contributed by atoms with E-state index in [1.165, 1.54) is 0 Å². The minimum absolute atomic E-state index is 0.440. The highest BCUT2D eigenvalue weighted by atomic mass is 14.6. The molecule has 4 N–H and O–H groups in total. The lowest BCUT2D eigenvalue weighted by Gasteiger charge is -1.87. The van der Waals surface area contributed by atoms with Gasteiger partial charge in [-0.2, -0.15) is 5.26 Å². The Morgan fingerprint density at radius 3 is 2.75 bits per heavy atom. The van der Waals surface area contributed by atoms with Gasteiger partial charge in [0.05, 0.1) is 6.07 Å². The molecule has 44 valence electrons. The Hall–Kier alpha value is -0.850. The van der Waals surface area contributed by atoms with Gasteiger partial charge in [0.15, 0.2) is 0 Å². The Morgan fingerprint density at radius 1 is 1.75 bits per heavy atom. The number of nitriles is 1. The number of hydrogen-bond donors (Lipinski definition) is 2. The molecule has 3 heteroatoms. The van der Waals surface area contributed by atoms with E-state index in [0.29, 0.717) is 6.54 Å². The first-order chi connectivity index (χ1) is 3.81. The zero-order chi connectivity index (χ0) is 6.41. The van der Waals surface area contributed by atoms with E-state index < -0.39 is 6.04 Å². The van der Waals surface area contributed by atoms with Crippen LogP contribution >= 0.6 is 0 Å². The maximum absolute atomic E-state index is 8.09. The van der Waals surface area contributed by atoms with Gasteiger partial charge in [-0.3, -0.25) is 0 Å². The molecule has 0 aromatic carbocycles. The third-order valence-corrected chi connectivity index (χ3v) is 0.629. The van der Waals surface area contributed by atoms with Crippen molar-refractivity contribution in [2.45, 2.75) is 6.04 Å². The van der Waals surface area contributed by atoms with E-state index in [9.17, 15) is 0 Å². The molecule has 0 saturated heterocycles. The van der Waals surface area contributed by atoms with Crippen LogP contribution in [0.3, 0.4) is 0 Å². The van der Waals surface area contributed by atoms with Crippen molar-refractivity contribution in [3.8, 4) is 6.07 Å². The van der Waals surface area contributed by atoms with E-state index in [2.05, 4.69) is 0 Å². The minimum Gasteiger partial charge on any atom is -0.327 e. The second-order valence-corrected chi connectivity index (χ2v) is 1.32. The number of rotatable bonds is 2. The monoisotopic (exact) mass is 111 g/mol. The number of nitrogens with zero attached hydrogens (tertiary/aromatic N) is 1. The zero-order valence-corrected chi connectivity index (χ0v) is 4.54. The first-order valence-electron chi connectivity index (χ1n) is 2.33. The molecule has 8 heavy (non-hydrogen) atoms. The average Bonchev–Trinajstić information content (AvgIpc) is 1.83. The van der Waals surface area contributed by atoms with Crippen molar-refractivity contribution in [3.63, 3.8) is 0 Å². The topological polar surface area (TPSA) is 75.8 Å². The van der Waals surface area contributed by atoms with E-state index in [1.807, 2.05) is 6.07 Å². The van der Waals surface area contributed by atoms with Gasteiger partial charge >= 0.3 is 0 Å². The molecule has 1 unspecified atom stereocenters. The zero-order valence-electron chi connectivity index (χ0n) is 4.54. The molecule has 0 aromatic heterocycles. The molecule has 1 atom stereocenters. The van der Waals surface area contributed by atoms with Crippen molar-refractivity contribution in [3.05, 3.63) is 12.2 Å². The highest BCUT2D eigenvalue weighted by Gasteiger charge is 1.86. The molecular weight excluding hydrogens is 102 g/mol. The van der Waals surface area contributed by atoms with Crippen molar-refractivity contribution in [2.24, 2.45) is 11.5 Å². The molecule has 0 aliphatic rings. The molecule has 0 radical (unpaired) electrons. The summed E-state index contributed by atoms with van der Waals surface area (Å²) >= 11 is 0. The van der Waals surface area contributed by atoms with E-state index in [0.717, 1.165) is 0 Å². The van der Waals surface area contributed by atoms with Gasteiger partial charge in [-0.05, 0) is 0 Å². The molecular formula is C5H9N3. The summed E-state index contributed by atoms with van der Waals surface area (Å²) in [6.45, 7) is 0.440. The van der Waals surface area contributed by atoms with Crippen LogP contribution in [0.15, 0.2) is 12.2 Å². The summed E-state index contributed by atoms with van der Waals surface area (Å²) < 4.78 is 0. The molecule has 0 aromatic rings. The maximum atomic E-state index is 8.09. The summed E-state index contributed by atoms with van der Waals surface area (Å²) in [4.78, 5) is 0. The Morgan fingerprint density at radius 2 is 2.38 bits per heavy atom. The number of nitrogens with two attached hydrogens (primary N) is 2. The largest absolute Gasteiger partial charge is 0.327 e. The average molecular weight is 111 g/mol. The van der Waals surface area contributed by atoms with Gasteiger partial charge in [-0.15, -0.1) is 0 Å². The van der Waals surface area contributed by atoms with Crippen LogP contribution in [0.5, 0.6) is 0 Å². The van der Waals surface area contributed by atoms with Gasteiger partial charge in [-0.1, -0.05) is 12.2 Å². The molecule has 0 saturated carbocycles. The van der Waals surface area contributed by atoms with Crippen molar-refractivity contribution in [1.29, 1.82) is 5.26 Å². The summed E-state index contributed by atoms with van der Waals surface area (Å²) in [6, 6.07) is 1.33. The Kier molecular flexibility index (Phi) is 3.85. The van der Waals surface area contributed by atoms with Gasteiger partial charge < -0.3 is 11.5 Å². The molecule has 0 aliphatic heterocycles. The first-order valence-corrected chi connectivity index (χ1v) is 2.33. The second kappa shape index (κ2) is 4.31.